The van der Waals surface area contributed by atoms with Gasteiger partial charge >= 0.3 is 0 Å². The van der Waals surface area contributed by atoms with E-state index in [-0.39, 0.29) is 27.2 Å². The SMILES string of the molecule is C.OCCN(CCO)CCO. The molecule has 0 aliphatic carbocycles. The van der Waals surface area contributed by atoms with Crippen LogP contribution < -0.4 is 0 Å². The molecule has 3 N–H and O–H groups in total. The van der Waals surface area contributed by atoms with Gasteiger partial charge in [-0.05, 0) is 0 Å². The summed E-state index contributed by atoms with van der Waals surface area (Å²) in [6, 6.07) is 0. The molecular formula is C7H19NO3. The predicted octanol–water partition coefficient (Wildman–Crippen LogP) is -1.10. The maximum Gasteiger partial charge on any atom is 0.0558 e. The highest BCUT2D eigenvalue weighted by molar-refractivity contribution is 4.54. The van der Waals surface area contributed by atoms with E-state index in [0.717, 1.165) is 0 Å². The largest absolute Gasteiger partial charge is 0.395 e. The lowest BCUT2D eigenvalue weighted by molar-refractivity contribution is 0.136. The average molecular weight is 165 g/mol. The highest BCUT2D eigenvalue weighted by Gasteiger charge is 2.00. The first-order chi connectivity index (χ1) is 4.85. The van der Waals surface area contributed by atoms with Crippen molar-refractivity contribution >= 4 is 0 Å². The van der Waals surface area contributed by atoms with Crippen molar-refractivity contribution < 1.29 is 15.3 Å². The van der Waals surface area contributed by atoms with Crippen LogP contribution in [0.15, 0.2) is 0 Å². The quantitative estimate of drug-likeness (QED) is 0.467. The fraction of sp³-hybridized carbons (Fsp3) is 1.00. The van der Waals surface area contributed by atoms with Crippen molar-refractivity contribution in [3.63, 3.8) is 0 Å². The number of rotatable bonds is 6. The Hall–Kier alpha value is -0.160. The summed E-state index contributed by atoms with van der Waals surface area (Å²) < 4.78 is 0. The van der Waals surface area contributed by atoms with Crippen LogP contribution in [0.1, 0.15) is 7.43 Å². The van der Waals surface area contributed by atoms with Gasteiger partial charge in [-0.1, -0.05) is 7.43 Å². The summed E-state index contributed by atoms with van der Waals surface area (Å²) in [6.45, 7) is 1.75. The molecule has 0 unspecified atom stereocenters. The molecular weight excluding hydrogens is 146 g/mol. The molecule has 0 heterocycles. The van der Waals surface area contributed by atoms with Gasteiger partial charge in [-0.2, -0.15) is 0 Å². The predicted molar refractivity (Wildman–Crippen MR) is 44.4 cm³/mol. The third-order valence-electron chi connectivity index (χ3n) is 1.25. The Balaban J connectivity index is 0. The lowest BCUT2D eigenvalue weighted by Gasteiger charge is -2.17. The minimum Gasteiger partial charge on any atom is -0.395 e. The van der Waals surface area contributed by atoms with Crippen LogP contribution in [0, 0.1) is 0 Å². The van der Waals surface area contributed by atoms with E-state index in [1.54, 1.807) is 4.90 Å². The Morgan fingerprint density at radius 3 is 1.18 bits per heavy atom. The third kappa shape index (κ3) is 7.74. The fourth-order valence-electron chi connectivity index (χ4n) is 0.760. The van der Waals surface area contributed by atoms with Crippen molar-refractivity contribution in [1.82, 2.24) is 4.90 Å². The molecule has 0 aromatic rings. The minimum absolute atomic E-state index is 0. The number of aliphatic hydroxyl groups excluding tert-OH is 3. The van der Waals surface area contributed by atoms with Crippen LogP contribution >= 0.6 is 0 Å². The van der Waals surface area contributed by atoms with E-state index in [0.29, 0.717) is 19.6 Å². The number of hydrogen-bond acceptors (Lipinski definition) is 4. The molecule has 0 atom stereocenters. The van der Waals surface area contributed by atoms with E-state index >= 15 is 0 Å². The van der Waals surface area contributed by atoms with Gasteiger partial charge in [0.1, 0.15) is 0 Å². The average Bonchev–Trinajstić information content (AvgIpc) is 1.90. The van der Waals surface area contributed by atoms with Crippen LogP contribution in [0.25, 0.3) is 0 Å². The molecule has 70 valence electrons. The topological polar surface area (TPSA) is 63.9 Å². The molecule has 0 rings (SSSR count). The maximum atomic E-state index is 8.48. The van der Waals surface area contributed by atoms with Crippen LogP contribution in [-0.2, 0) is 0 Å². The summed E-state index contributed by atoms with van der Waals surface area (Å²) in [5.41, 5.74) is 0. The summed E-state index contributed by atoms with van der Waals surface area (Å²) >= 11 is 0. The monoisotopic (exact) mass is 165 g/mol. The molecule has 4 nitrogen and oxygen atoms in total. The Kier molecular flexibility index (Phi) is 12.0. The van der Waals surface area contributed by atoms with Gasteiger partial charge in [-0.3, -0.25) is 4.90 Å². The van der Waals surface area contributed by atoms with Crippen LogP contribution in [-0.4, -0.2) is 59.7 Å². The first kappa shape index (κ1) is 13.4. The third-order valence-corrected chi connectivity index (χ3v) is 1.25. The van der Waals surface area contributed by atoms with E-state index in [2.05, 4.69) is 0 Å². The first-order valence-corrected chi connectivity index (χ1v) is 3.40. The van der Waals surface area contributed by atoms with Crippen molar-refractivity contribution in [3.05, 3.63) is 0 Å². The lowest BCUT2D eigenvalue weighted by Crippen LogP contribution is -2.32. The summed E-state index contributed by atoms with van der Waals surface area (Å²) in [5, 5.41) is 25.5. The standard InChI is InChI=1S/C6H15NO3.CH4/c8-4-1-7(2-5-9)3-6-10;/h8-10H,1-6H2;1H4. The molecule has 0 bridgehead atoms. The summed E-state index contributed by atoms with van der Waals surface area (Å²) in [6.07, 6.45) is 0. The first-order valence-electron chi connectivity index (χ1n) is 3.40. The molecule has 0 aromatic carbocycles. The van der Waals surface area contributed by atoms with Crippen LogP contribution in [0.3, 0.4) is 0 Å². The number of nitrogens with zero attached hydrogens (tertiary/aromatic N) is 1. The Morgan fingerprint density at radius 2 is 1.00 bits per heavy atom. The van der Waals surface area contributed by atoms with Crippen LogP contribution in [0.4, 0.5) is 0 Å². The van der Waals surface area contributed by atoms with E-state index in [1.165, 1.54) is 0 Å². The van der Waals surface area contributed by atoms with Gasteiger partial charge in [-0.25, -0.2) is 0 Å². The second-order valence-electron chi connectivity index (χ2n) is 2.01. The highest BCUT2D eigenvalue weighted by Crippen LogP contribution is 1.84. The minimum atomic E-state index is 0. The van der Waals surface area contributed by atoms with Gasteiger partial charge in [0.2, 0.25) is 0 Å². The normalized spacial score (nSPS) is 9.82. The molecule has 0 radical (unpaired) electrons. The number of hydrogen-bond donors (Lipinski definition) is 3. The Morgan fingerprint density at radius 1 is 0.727 bits per heavy atom. The zero-order valence-corrected chi connectivity index (χ0v) is 6.03. The second-order valence-corrected chi connectivity index (χ2v) is 2.01. The van der Waals surface area contributed by atoms with E-state index < -0.39 is 0 Å². The van der Waals surface area contributed by atoms with E-state index in [9.17, 15) is 0 Å². The molecule has 0 aromatic heterocycles. The van der Waals surface area contributed by atoms with Crippen LogP contribution in [0.2, 0.25) is 0 Å². The lowest BCUT2D eigenvalue weighted by atomic mass is 10.4. The molecule has 0 saturated heterocycles. The van der Waals surface area contributed by atoms with Crippen molar-refractivity contribution in [3.8, 4) is 0 Å². The van der Waals surface area contributed by atoms with Gasteiger partial charge < -0.3 is 15.3 Å². The molecule has 0 spiro atoms. The fourth-order valence-corrected chi connectivity index (χ4v) is 0.760. The highest BCUT2D eigenvalue weighted by atomic mass is 16.3. The molecule has 4 heteroatoms. The summed E-state index contributed by atoms with van der Waals surface area (Å²) in [5.74, 6) is 0. The van der Waals surface area contributed by atoms with Crippen molar-refractivity contribution in [1.29, 1.82) is 0 Å². The zero-order chi connectivity index (χ0) is 7.82. The van der Waals surface area contributed by atoms with Gasteiger partial charge in [0.15, 0.2) is 0 Å². The smallest absolute Gasteiger partial charge is 0.0558 e. The Labute approximate surface area is 68.1 Å². The van der Waals surface area contributed by atoms with Crippen LogP contribution in [0.5, 0.6) is 0 Å². The second kappa shape index (κ2) is 9.84. The summed E-state index contributed by atoms with van der Waals surface area (Å²) in [7, 11) is 0. The Bertz CT molecular complexity index is 56.4. The molecule has 11 heavy (non-hydrogen) atoms. The van der Waals surface area contributed by atoms with Crippen molar-refractivity contribution in [2.45, 2.75) is 7.43 Å². The van der Waals surface area contributed by atoms with Gasteiger partial charge in [0.05, 0.1) is 19.8 Å². The van der Waals surface area contributed by atoms with E-state index in [4.69, 9.17) is 15.3 Å². The molecule has 0 amide bonds. The summed E-state index contributed by atoms with van der Waals surface area (Å²) in [4.78, 5) is 1.79. The molecule has 0 aliphatic rings. The molecule has 0 saturated carbocycles. The van der Waals surface area contributed by atoms with E-state index in [1.807, 2.05) is 0 Å². The van der Waals surface area contributed by atoms with Crippen molar-refractivity contribution in [2.24, 2.45) is 0 Å². The van der Waals surface area contributed by atoms with Gasteiger partial charge in [0.25, 0.3) is 0 Å². The zero-order valence-electron chi connectivity index (χ0n) is 6.03. The van der Waals surface area contributed by atoms with Gasteiger partial charge in [-0.15, -0.1) is 0 Å². The van der Waals surface area contributed by atoms with Crippen molar-refractivity contribution in [2.75, 3.05) is 39.5 Å². The van der Waals surface area contributed by atoms with Gasteiger partial charge in [0, 0.05) is 19.6 Å². The molecule has 0 fully saturated rings. The molecule has 0 aliphatic heterocycles. The maximum absolute atomic E-state index is 8.48. The number of aliphatic hydroxyl groups is 3.